The third kappa shape index (κ3) is 2.71. The largest absolute Gasteiger partial charge is 0.496 e. The Morgan fingerprint density at radius 2 is 1.38 bits per heavy atom. The number of methoxy groups -OCH3 is 1. The van der Waals surface area contributed by atoms with Crippen LogP contribution in [0.1, 0.15) is 5.56 Å². The van der Waals surface area contributed by atoms with Crippen molar-refractivity contribution in [3.63, 3.8) is 0 Å². The minimum atomic E-state index is 0.902. The SMILES string of the molecule is COc1ccc2c3cc4cc5oc6cc(C)ccc6c5cc4cc3n3c4ccc(-c5ccccc5)cc4c1c23. The van der Waals surface area contributed by atoms with Crippen LogP contribution in [0.2, 0.25) is 0 Å². The van der Waals surface area contributed by atoms with E-state index in [4.69, 9.17) is 9.15 Å². The fourth-order valence-electron chi connectivity index (χ4n) is 6.63. The summed E-state index contributed by atoms with van der Waals surface area (Å²) in [6.07, 6.45) is 0. The second-order valence-corrected chi connectivity index (χ2v) is 10.6. The third-order valence-corrected chi connectivity index (χ3v) is 8.43. The van der Waals surface area contributed by atoms with E-state index in [1.807, 2.05) is 0 Å². The molecule has 9 rings (SSSR count). The van der Waals surface area contributed by atoms with E-state index in [9.17, 15) is 0 Å². The lowest BCUT2D eigenvalue weighted by molar-refractivity contribution is 0.420. The second-order valence-electron chi connectivity index (χ2n) is 10.6. The van der Waals surface area contributed by atoms with Crippen LogP contribution < -0.4 is 4.74 Å². The smallest absolute Gasteiger partial charge is 0.136 e. The number of aryl methyl sites for hydroxylation is 1. The molecule has 3 aromatic heterocycles. The minimum Gasteiger partial charge on any atom is -0.496 e. The standard InChI is InChI=1S/C36H23NO2/c1-20-8-10-25-28-17-23-18-31-27(16-24(23)19-34(28)39-33(25)14-20)26-11-13-32(38-2)35-29-15-22(21-6-4-3-5-7-21)9-12-30(29)37(31)36(26)35/h3-19H,1-2H3. The molecular formula is C36H23NO2. The summed E-state index contributed by atoms with van der Waals surface area (Å²) in [5.41, 5.74) is 9.11. The molecule has 3 nitrogen and oxygen atoms in total. The molecule has 0 spiro atoms. The topological polar surface area (TPSA) is 26.8 Å². The van der Waals surface area contributed by atoms with Gasteiger partial charge in [0, 0.05) is 26.9 Å². The second kappa shape index (κ2) is 7.30. The molecule has 39 heavy (non-hydrogen) atoms. The molecule has 0 radical (unpaired) electrons. The van der Waals surface area contributed by atoms with Gasteiger partial charge in [-0.1, -0.05) is 48.5 Å². The third-order valence-electron chi connectivity index (χ3n) is 8.43. The molecule has 0 aliphatic carbocycles. The van der Waals surface area contributed by atoms with Crippen molar-refractivity contribution in [2.45, 2.75) is 6.92 Å². The normalized spacial score (nSPS) is 12.4. The summed E-state index contributed by atoms with van der Waals surface area (Å²) < 4.78 is 14.6. The predicted octanol–water partition coefficient (Wildman–Crippen LogP) is 9.87. The number of hydrogen-bond acceptors (Lipinski definition) is 2. The highest BCUT2D eigenvalue weighted by atomic mass is 16.5. The van der Waals surface area contributed by atoms with Gasteiger partial charge in [-0.3, -0.25) is 0 Å². The Morgan fingerprint density at radius 1 is 0.590 bits per heavy atom. The first-order valence-electron chi connectivity index (χ1n) is 13.3. The van der Waals surface area contributed by atoms with Crippen molar-refractivity contribution in [3.05, 3.63) is 109 Å². The van der Waals surface area contributed by atoms with E-state index in [0.717, 1.165) is 33.1 Å². The van der Waals surface area contributed by atoms with Crippen LogP contribution in [0.5, 0.6) is 5.75 Å². The number of hydrogen-bond donors (Lipinski definition) is 0. The summed E-state index contributed by atoms with van der Waals surface area (Å²) in [7, 11) is 1.76. The molecule has 0 bridgehead atoms. The molecule has 9 aromatic rings. The first kappa shape index (κ1) is 21.0. The van der Waals surface area contributed by atoms with Crippen LogP contribution >= 0.6 is 0 Å². The molecule has 0 atom stereocenters. The number of fused-ring (bicyclic) bond motifs is 10. The van der Waals surface area contributed by atoms with Crippen LogP contribution in [0.25, 0.3) is 81.9 Å². The van der Waals surface area contributed by atoms with Crippen LogP contribution in [0.4, 0.5) is 0 Å². The highest BCUT2D eigenvalue weighted by Gasteiger charge is 2.21. The number of ether oxygens (including phenoxy) is 1. The number of rotatable bonds is 2. The lowest BCUT2D eigenvalue weighted by atomic mass is 10.00. The average Bonchev–Trinajstić information content (AvgIpc) is 3.60. The van der Waals surface area contributed by atoms with Gasteiger partial charge in [-0.2, -0.15) is 0 Å². The monoisotopic (exact) mass is 501 g/mol. The van der Waals surface area contributed by atoms with E-state index in [1.54, 1.807) is 7.11 Å². The van der Waals surface area contributed by atoms with Crippen molar-refractivity contribution in [1.82, 2.24) is 4.40 Å². The van der Waals surface area contributed by atoms with Crippen molar-refractivity contribution < 1.29 is 9.15 Å². The summed E-state index contributed by atoms with van der Waals surface area (Å²) in [4.78, 5) is 0. The fourth-order valence-corrected chi connectivity index (χ4v) is 6.63. The number of nitrogens with zero attached hydrogens (tertiary/aromatic N) is 1. The predicted molar refractivity (Wildman–Crippen MR) is 163 cm³/mol. The highest BCUT2D eigenvalue weighted by molar-refractivity contribution is 6.27. The van der Waals surface area contributed by atoms with Gasteiger partial charge in [-0.15, -0.1) is 0 Å². The van der Waals surface area contributed by atoms with E-state index >= 15 is 0 Å². The van der Waals surface area contributed by atoms with Crippen molar-refractivity contribution in [2.24, 2.45) is 0 Å². The highest BCUT2D eigenvalue weighted by Crippen LogP contribution is 2.45. The first-order valence-corrected chi connectivity index (χ1v) is 13.3. The zero-order chi connectivity index (χ0) is 25.8. The Morgan fingerprint density at radius 3 is 2.26 bits per heavy atom. The summed E-state index contributed by atoms with van der Waals surface area (Å²) >= 11 is 0. The number of aromatic nitrogens is 1. The molecule has 3 heterocycles. The van der Waals surface area contributed by atoms with Crippen LogP contribution in [-0.4, -0.2) is 11.5 Å². The Balaban J connectivity index is 1.42. The lowest BCUT2D eigenvalue weighted by Crippen LogP contribution is -1.84. The molecule has 6 aromatic carbocycles. The molecule has 0 saturated carbocycles. The van der Waals surface area contributed by atoms with Crippen LogP contribution in [0.15, 0.2) is 108 Å². The summed E-state index contributed by atoms with van der Waals surface area (Å²) in [5, 5.41) is 9.56. The van der Waals surface area contributed by atoms with Crippen LogP contribution in [0, 0.1) is 6.92 Å². The number of furan rings is 1. The van der Waals surface area contributed by atoms with E-state index in [0.29, 0.717) is 0 Å². The number of benzene rings is 6. The van der Waals surface area contributed by atoms with E-state index in [-0.39, 0.29) is 0 Å². The lowest BCUT2D eigenvalue weighted by Gasteiger charge is -2.06. The molecular weight excluding hydrogens is 478 g/mol. The molecule has 184 valence electrons. The Kier molecular flexibility index (Phi) is 3.92. The van der Waals surface area contributed by atoms with Gasteiger partial charge in [0.1, 0.15) is 16.9 Å². The maximum atomic E-state index is 6.28. The molecule has 0 amide bonds. The zero-order valence-corrected chi connectivity index (χ0v) is 21.6. The van der Waals surface area contributed by atoms with Crippen molar-refractivity contribution in [3.8, 4) is 16.9 Å². The van der Waals surface area contributed by atoms with Crippen molar-refractivity contribution >= 4 is 70.8 Å². The molecule has 0 fully saturated rings. The Labute approximate surface area is 223 Å². The van der Waals surface area contributed by atoms with Gasteiger partial charge in [0.15, 0.2) is 0 Å². The molecule has 0 N–H and O–H groups in total. The van der Waals surface area contributed by atoms with E-state index < -0.39 is 0 Å². The Bertz CT molecular complexity index is 2430. The van der Waals surface area contributed by atoms with Gasteiger partial charge in [-0.25, -0.2) is 0 Å². The molecule has 0 aliphatic heterocycles. The maximum Gasteiger partial charge on any atom is 0.136 e. The first-order chi connectivity index (χ1) is 19.2. The van der Waals surface area contributed by atoms with E-state index in [2.05, 4.69) is 114 Å². The summed E-state index contributed by atoms with van der Waals surface area (Å²) in [6.45, 7) is 2.10. The van der Waals surface area contributed by atoms with Gasteiger partial charge < -0.3 is 13.6 Å². The van der Waals surface area contributed by atoms with Gasteiger partial charge in [0.2, 0.25) is 0 Å². The maximum absolute atomic E-state index is 6.28. The molecule has 0 saturated heterocycles. The van der Waals surface area contributed by atoms with Crippen LogP contribution in [0.3, 0.4) is 0 Å². The zero-order valence-electron chi connectivity index (χ0n) is 21.6. The van der Waals surface area contributed by atoms with E-state index in [1.165, 1.54) is 60.2 Å². The molecule has 0 unspecified atom stereocenters. The Hall–Kier alpha value is -5.02. The van der Waals surface area contributed by atoms with Gasteiger partial charge >= 0.3 is 0 Å². The van der Waals surface area contributed by atoms with Crippen molar-refractivity contribution in [2.75, 3.05) is 7.11 Å². The van der Waals surface area contributed by atoms with Crippen LogP contribution in [-0.2, 0) is 0 Å². The average molecular weight is 502 g/mol. The summed E-state index contributed by atoms with van der Waals surface area (Å²) in [5.74, 6) is 0.902. The molecule has 0 aliphatic rings. The van der Waals surface area contributed by atoms with Gasteiger partial charge in [0.05, 0.1) is 29.0 Å². The fraction of sp³-hybridized carbons (Fsp3) is 0.0556. The van der Waals surface area contributed by atoms with Crippen molar-refractivity contribution in [1.29, 1.82) is 0 Å². The summed E-state index contributed by atoms with van der Waals surface area (Å²) in [6, 6.07) is 37.3. The molecule has 3 heteroatoms. The quantitative estimate of drug-likeness (QED) is 0.236. The minimum absolute atomic E-state index is 0.902. The van der Waals surface area contributed by atoms with Gasteiger partial charge in [0.25, 0.3) is 0 Å². The van der Waals surface area contributed by atoms with Gasteiger partial charge in [-0.05, 0) is 89.0 Å².